The molecule has 48 valence electrons. The van der Waals surface area contributed by atoms with Crippen molar-refractivity contribution in [1.82, 2.24) is 0 Å². The predicted molar refractivity (Wildman–Crippen MR) is 44.5 cm³/mol. The molecular weight excluding hydrogens is 230 g/mol. The third kappa shape index (κ3) is 17.9. The van der Waals surface area contributed by atoms with Gasteiger partial charge in [-0.1, -0.05) is 15.9 Å². The maximum absolute atomic E-state index is 9.76. The summed E-state index contributed by atoms with van der Waals surface area (Å²) in [5.41, 5.74) is 0. The van der Waals surface area contributed by atoms with Gasteiger partial charge in [0.05, 0.1) is 5.75 Å². The summed E-state index contributed by atoms with van der Waals surface area (Å²) in [6.45, 7) is 0. The molecule has 0 aromatic carbocycles. The summed E-state index contributed by atoms with van der Waals surface area (Å²) in [5, 5.41) is 0.284. The third-order valence-electron chi connectivity index (χ3n) is 0.335. The maximum atomic E-state index is 9.76. The van der Waals surface area contributed by atoms with Gasteiger partial charge in [-0.2, -0.15) is 8.42 Å². The molecule has 7 heteroatoms. The van der Waals surface area contributed by atoms with E-state index in [4.69, 9.17) is 4.55 Å². The van der Waals surface area contributed by atoms with Gasteiger partial charge >= 0.3 is 59.1 Å². The molecule has 3 nitrogen and oxygen atoms in total. The molecular formula is C2H7BrNa2O3S. The van der Waals surface area contributed by atoms with Gasteiger partial charge in [0, 0.05) is 5.33 Å². The molecule has 0 fully saturated rings. The molecule has 0 aliphatic heterocycles. The Morgan fingerprint density at radius 2 is 1.67 bits per heavy atom. The van der Waals surface area contributed by atoms with Crippen LogP contribution in [0.3, 0.4) is 0 Å². The van der Waals surface area contributed by atoms with Crippen LogP contribution in [-0.2, 0) is 10.1 Å². The van der Waals surface area contributed by atoms with E-state index in [9.17, 15) is 8.42 Å². The van der Waals surface area contributed by atoms with Gasteiger partial charge < -0.3 is 0 Å². The van der Waals surface area contributed by atoms with Crippen LogP contribution in [0, 0.1) is 0 Å². The van der Waals surface area contributed by atoms with Crippen LogP contribution in [0.25, 0.3) is 0 Å². The minimum absolute atomic E-state index is 0. The van der Waals surface area contributed by atoms with Crippen LogP contribution >= 0.6 is 15.9 Å². The van der Waals surface area contributed by atoms with Gasteiger partial charge in [0.15, 0.2) is 0 Å². The molecule has 0 heterocycles. The molecule has 0 atom stereocenters. The van der Waals surface area contributed by atoms with E-state index in [1.807, 2.05) is 0 Å². The van der Waals surface area contributed by atoms with Gasteiger partial charge in [-0.15, -0.1) is 0 Å². The van der Waals surface area contributed by atoms with Crippen LogP contribution in [0.1, 0.15) is 0 Å². The van der Waals surface area contributed by atoms with Crippen LogP contribution in [0.2, 0.25) is 0 Å². The summed E-state index contributed by atoms with van der Waals surface area (Å²) in [7, 11) is -3.72. The van der Waals surface area contributed by atoms with Crippen LogP contribution in [0.15, 0.2) is 0 Å². The van der Waals surface area contributed by atoms with Crippen LogP contribution < -0.4 is 0 Å². The summed E-state index contributed by atoms with van der Waals surface area (Å²) in [6, 6.07) is 0. The molecule has 0 aromatic rings. The molecule has 0 aliphatic carbocycles. The van der Waals surface area contributed by atoms with Crippen molar-refractivity contribution in [2.75, 3.05) is 11.1 Å². The van der Waals surface area contributed by atoms with Gasteiger partial charge in [-0.05, 0) is 0 Å². The van der Waals surface area contributed by atoms with E-state index in [0.717, 1.165) is 0 Å². The zero-order chi connectivity index (χ0) is 5.91. The normalized spacial score (nSPS) is 9.11. The molecule has 0 bridgehead atoms. The first-order chi connectivity index (χ1) is 3.06. The Morgan fingerprint density at radius 1 is 1.33 bits per heavy atom. The fourth-order valence-electron chi connectivity index (χ4n) is 0.0975. The third-order valence-corrected chi connectivity index (χ3v) is 1.98. The van der Waals surface area contributed by atoms with Crippen LogP contribution in [0.5, 0.6) is 0 Å². The zero-order valence-electron chi connectivity index (χ0n) is 3.46. The summed E-state index contributed by atoms with van der Waals surface area (Å²) in [6.07, 6.45) is 0. The summed E-state index contributed by atoms with van der Waals surface area (Å²) < 4.78 is 27.5. The van der Waals surface area contributed by atoms with E-state index < -0.39 is 10.1 Å². The molecule has 0 radical (unpaired) electrons. The van der Waals surface area contributed by atoms with Gasteiger partial charge in [0.25, 0.3) is 10.1 Å². The fraction of sp³-hybridized carbons (Fsp3) is 1.00. The number of hydrogen-bond acceptors (Lipinski definition) is 2. The van der Waals surface area contributed by atoms with E-state index in [1.165, 1.54) is 0 Å². The van der Waals surface area contributed by atoms with Crippen LogP contribution in [0.4, 0.5) is 0 Å². The summed E-state index contributed by atoms with van der Waals surface area (Å²) >= 11 is 2.85. The monoisotopic (exact) mass is 236 g/mol. The standard InChI is InChI=1S/C2H5BrO3S.2Na.2H/c3-1-2-7(4,5)6;;;;/h1-2H2,(H,4,5,6);;;;. The fourth-order valence-corrected chi connectivity index (χ4v) is 1.52. The Hall–Kier alpha value is 2.39. The SMILES string of the molecule is O=S(=O)(O)CCBr.[NaH].[NaH]. The van der Waals surface area contributed by atoms with Crippen molar-refractivity contribution in [3.05, 3.63) is 0 Å². The Morgan fingerprint density at radius 3 is 1.67 bits per heavy atom. The van der Waals surface area contributed by atoms with Crippen LogP contribution in [-0.4, -0.2) is 83.2 Å². The van der Waals surface area contributed by atoms with E-state index >= 15 is 0 Å². The zero-order valence-corrected chi connectivity index (χ0v) is 5.87. The molecule has 1 N–H and O–H groups in total. The molecule has 0 unspecified atom stereocenters. The van der Waals surface area contributed by atoms with Crippen molar-refractivity contribution < 1.29 is 13.0 Å². The number of alkyl halides is 1. The van der Waals surface area contributed by atoms with Gasteiger partial charge in [-0.25, -0.2) is 0 Å². The van der Waals surface area contributed by atoms with Crippen molar-refractivity contribution in [3.63, 3.8) is 0 Å². The molecule has 9 heavy (non-hydrogen) atoms. The van der Waals surface area contributed by atoms with Crippen molar-refractivity contribution >= 4 is 85.2 Å². The van der Waals surface area contributed by atoms with Crippen molar-refractivity contribution in [2.24, 2.45) is 0 Å². The first kappa shape index (κ1) is 17.5. The quantitative estimate of drug-likeness (QED) is 0.379. The first-order valence-electron chi connectivity index (χ1n) is 1.57. The van der Waals surface area contributed by atoms with Gasteiger partial charge in [-0.3, -0.25) is 4.55 Å². The van der Waals surface area contributed by atoms with Crippen molar-refractivity contribution in [3.8, 4) is 0 Å². The van der Waals surface area contributed by atoms with Gasteiger partial charge in [0.2, 0.25) is 0 Å². The molecule has 0 rings (SSSR count). The summed E-state index contributed by atoms with van der Waals surface area (Å²) in [5.74, 6) is -0.215. The van der Waals surface area contributed by atoms with Crippen molar-refractivity contribution in [1.29, 1.82) is 0 Å². The Bertz CT molecular complexity index is 133. The Labute approximate surface area is 107 Å². The second-order valence-corrected chi connectivity index (χ2v) is 3.34. The van der Waals surface area contributed by atoms with E-state index in [2.05, 4.69) is 15.9 Å². The van der Waals surface area contributed by atoms with E-state index in [-0.39, 0.29) is 70.2 Å². The number of rotatable bonds is 2. The molecule has 0 amide bonds. The topological polar surface area (TPSA) is 54.4 Å². The van der Waals surface area contributed by atoms with E-state index in [1.54, 1.807) is 0 Å². The molecule has 0 saturated heterocycles. The van der Waals surface area contributed by atoms with Crippen molar-refractivity contribution in [2.45, 2.75) is 0 Å². The Balaban J connectivity index is -0.000000180. The predicted octanol–water partition coefficient (Wildman–Crippen LogP) is -1.03. The molecule has 0 aromatic heterocycles. The van der Waals surface area contributed by atoms with E-state index in [0.29, 0.717) is 0 Å². The van der Waals surface area contributed by atoms with Gasteiger partial charge in [0.1, 0.15) is 0 Å². The average Bonchev–Trinajstić information content (AvgIpc) is 1.30. The number of hydrogen-bond donors (Lipinski definition) is 1. The second kappa shape index (κ2) is 8.49. The Kier molecular flexibility index (Phi) is 16.5. The second-order valence-electron chi connectivity index (χ2n) is 0.975. The molecule has 0 spiro atoms. The first-order valence-corrected chi connectivity index (χ1v) is 4.30. The molecule has 0 aliphatic rings. The summed E-state index contributed by atoms with van der Waals surface area (Å²) in [4.78, 5) is 0. The molecule has 0 saturated carbocycles. The average molecular weight is 237 g/mol. The minimum atomic E-state index is -3.72. The number of halogens is 1.